The third kappa shape index (κ3) is 6.81. The molecule has 0 radical (unpaired) electrons. The predicted octanol–water partition coefficient (Wildman–Crippen LogP) is 2.57. The van der Waals surface area contributed by atoms with Crippen LogP contribution in [0.3, 0.4) is 0 Å². The van der Waals surface area contributed by atoms with Crippen LogP contribution in [-0.4, -0.2) is 28.4 Å². The van der Waals surface area contributed by atoms with E-state index >= 15 is 0 Å². The molecule has 2 aromatic rings. The van der Waals surface area contributed by atoms with Crippen LogP contribution < -0.4 is 11.1 Å². The molecule has 0 spiro atoms. The van der Waals surface area contributed by atoms with Gasteiger partial charge in [0, 0.05) is 29.2 Å². The summed E-state index contributed by atoms with van der Waals surface area (Å²) in [6, 6.07) is 9.62. The van der Waals surface area contributed by atoms with Gasteiger partial charge in [0.25, 0.3) is 5.91 Å². The van der Waals surface area contributed by atoms with Gasteiger partial charge in [-0.3, -0.25) is 25.1 Å². The summed E-state index contributed by atoms with van der Waals surface area (Å²) in [6.45, 7) is 5.11. The second-order valence-electron chi connectivity index (χ2n) is 6.99. The number of carbonyl (C=O) groups is 3. The maximum atomic E-state index is 12.2. The summed E-state index contributed by atoms with van der Waals surface area (Å²) in [5.74, 6) is -1.78. The average Bonchev–Trinajstić information content (AvgIpc) is 2.60. The molecule has 1 amide bonds. The lowest BCUT2D eigenvalue weighted by Gasteiger charge is -2.19. The summed E-state index contributed by atoms with van der Waals surface area (Å²) in [6.07, 6.45) is 1.55. The minimum Gasteiger partial charge on any atom is -0.460 e. The monoisotopic (exact) mass is 385 g/mol. The molecule has 28 heavy (non-hydrogen) atoms. The van der Waals surface area contributed by atoms with Crippen molar-refractivity contribution in [1.82, 2.24) is 4.98 Å². The number of nitrogens with one attached hydrogen (secondary N) is 1. The lowest BCUT2D eigenvalue weighted by molar-refractivity contribution is -0.163. The molecule has 1 unspecified atom stereocenters. The molecule has 0 saturated carbocycles. The van der Waals surface area contributed by atoms with Crippen LogP contribution in [0.15, 0.2) is 48.8 Å². The molecule has 0 aliphatic heterocycles. The van der Waals surface area contributed by atoms with Crippen LogP contribution in [0.2, 0.25) is 0 Å². The summed E-state index contributed by atoms with van der Waals surface area (Å²) in [7, 11) is 0. The molecule has 1 atom stereocenters. The van der Waals surface area contributed by atoms with Crippen LogP contribution in [0.5, 0.6) is 0 Å². The first-order valence-electron chi connectivity index (χ1n) is 8.62. The van der Waals surface area contributed by atoms with Gasteiger partial charge in [0.05, 0.1) is 0 Å². The number of aromatic nitrogens is 1. The topological polar surface area (TPSA) is 121 Å². The minimum atomic E-state index is -1.06. The quantitative estimate of drug-likeness (QED) is 0.445. The van der Waals surface area contributed by atoms with E-state index in [-0.39, 0.29) is 5.91 Å². The largest absolute Gasteiger partial charge is 0.460 e. The van der Waals surface area contributed by atoms with Gasteiger partial charge in [-0.15, -0.1) is 0 Å². The normalized spacial score (nSPS) is 12.0. The number of hydrogen-bond donors (Lipinski definition) is 2. The van der Waals surface area contributed by atoms with Crippen molar-refractivity contribution < 1.29 is 23.9 Å². The Morgan fingerprint density at radius 3 is 2.21 bits per heavy atom. The molecular weight excluding hydrogens is 362 g/mol. The zero-order valence-corrected chi connectivity index (χ0v) is 16.0. The maximum Gasteiger partial charge on any atom is 0.318 e. The van der Waals surface area contributed by atoms with Crippen molar-refractivity contribution in [3.63, 3.8) is 0 Å². The van der Waals surface area contributed by atoms with Gasteiger partial charge in [0.15, 0.2) is 6.23 Å². The van der Waals surface area contributed by atoms with Gasteiger partial charge in [0.1, 0.15) is 12.0 Å². The van der Waals surface area contributed by atoms with Crippen molar-refractivity contribution in [2.75, 3.05) is 5.32 Å². The van der Waals surface area contributed by atoms with E-state index in [0.29, 0.717) is 16.8 Å². The smallest absolute Gasteiger partial charge is 0.318 e. The van der Waals surface area contributed by atoms with Crippen LogP contribution in [-0.2, 0) is 19.1 Å². The number of ether oxygens (including phenoxy) is 2. The Morgan fingerprint density at radius 1 is 1.04 bits per heavy atom. The Kier molecular flexibility index (Phi) is 6.84. The summed E-state index contributed by atoms with van der Waals surface area (Å²) < 4.78 is 10.1. The molecule has 3 N–H and O–H groups in total. The van der Waals surface area contributed by atoms with E-state index in [1.807, 2.05) is 0 Å². The van der Waals surface area contributed by atoms with Gasteiger partial charge >= 0.3 is 11.9 Å². The highest BCUT2D eigenvalue weighted by atomic mass is 16.6. The first kappa shape index (κ1) is 21.0. The Morgan fingerprint density at radius 2 is 1.64 bits per heavy atom. The van der Waals surface area contributed by atoms with Crippen molar-refractivity contribution in [3.8, 4) is 0 Å². The van der Waals surface area contributed by atoms with Crippen molar-refractivity contribution in [2.24, 2.45) is 5.73 Å². The van der Waals surface area contributed by atoms with Crippen LogP contribution >= 0.6 is 0 Å². The first-order valence-corrected chi connectivity index (χ1v) is 8.62. The third-order valence-electron chi connectivity index (χ3n) is 3.41. The second kappa shape index (κ2) is 9.09. The van der Waals surface area contributed by atoms with Crippen LogP contribution in [0.1, 0.15) is 49.3 Å². The lowest BCUT2D eigenvalue weighted by atomic mass is 10.1. The molecular formula is C20H23N3O5. The van der Waals surface area contributed by atoms with Gasteiger partial charge in [0.2, 0.25) is 0 Å². The first-order chi connectivity index (χ1) is 13.1. The number of esters is 2. The summed E-state index contributed by atoms with van der Waals surface area (Å²) >= 11 is 0. The van der Waals surface area contributed by atoms with E-state index in [0.717, 1.165) is 0 Å². The Labute approximate surface area is 163 Å². The van der Waals surface area contributed by atoms with Gasteiger partial charge in [-0.2, -0.15) is 0 Å². The van der Waals surface area contributed by atoms with Gasteiger partial charge < -0.3 is 14.8 Å². The predicted molar refractivity (Wildman–Crippen MR) is 102 cm³/mol. The average molecular weight is 385 g/mol. The van der Waals surface area contributed by atoms with Crippen molar-refractivity contribution >= 4 is 23.5 Å². The van der Waals surface area contributed by atoms with Gasteiger partial charge in [-0.05, 0) is 45.0 Å². The zero-order valence-electron chi connectivity index (χ0n) is 16.0. The third-order valence-corrected chi connectivity index (χ3v) is 3.41. The molecule has 8 nitrogen and oxygen atoms in total. The number of anilines is 1. The maximum absolute atomic E-state index is 12.2. The fourth-order valence-corrected chi connectivity index (χ4v) is 2.21. The molecule has 1 heterocycles. The van der Waals surface area contributed by atoms with Crippen LogP contribution in [0.4, 0.5) is 5.69 Å². The molecule has 0 aliphatic carbocycles. The molecule has 8 heteroatoms. The highest BCUT2D eigenvalue weighted by Crippen LogP contribution is 2.16. The Bertz CT molecular complexity index is 829. The zero-order chi connectivity index (χ0) is 20.7. The molecule has 1 aromatic carbocycles. The van der Waals surface area contributed by atoms with Crippen molar-refractivity contribution in [2.45, 2.75) is 39.0 Å². The van der Waals surface area contributed by atoms with E-state index in [1.54, 1.807) is 69.6 Å². The number of rotatable bonds is 6. The molecule has 1 aromatic heterocycles. The van der Waals surface area contributed by atoms with E-state index in [2.05, 4.69) is 10.3 Å². The van der Waals surface area contributed by atoms with Crippen molar-refractivity contribution in [1.29, 1.82) is 0 Å². The fourth-order valence-electron chi connectivity index (χ4n) is 2.21. The van der Waals surface area contributed by atoms with Gasteiger partial charge in [-0.25, -0.2) is 0 Å². The minimum absolute atomic E-state index is 0.298. The molecule has 0 saturated heterocycles. The number of carbonyl (C=O) groups excluding carboxylic acids is 3. The van der Waals surface area contributed by atoms with Crippen LogP contribution in [0, 0.1) is 0 Å². The number of nitrogens with zero attached hydrogens (tertiary/aromatic N) is 1. The van der Waals surface area contributed by atoms with E-state index in [1.165, 1.54) is 0 Å². The van der Waals surface area contributed by atoms with Crippen LogP contribution in [0.25, 0.3) is 0 Å². The molecule has 0 aliphatic rings. The summed E-state index contributed by atoms with van der Waals surface area (Å²) in [5, 5.41) is 2.73. The molecule has 2 rings (SSSR count). The second-order valence-corrected chi connectivity index (χ2v) is 6.99. The highest BCUT2D eigenvalue weighted by molar-refractivity contribution is 6.04. The number of amides is 1. The van der Waals surface area contributed by atoms with E-state index < -0.39 is 30.2 Å². The summed E-state index contributed by atoms with van der Waals surface area (Å²) in [4.78, 5) is 39.6. The molecule has 148 valence electrons. The lowest BCUT2D eigenvalue weighted by Crippen LogP contribution is -2.27. The number of nitrogens with two attached hydrogens (primary N) is 1. The molecule has 0 bridgehead atoms. The van der Waals surface area contributed by atoms with E-state index in [9.17, 15) is 14.4 Å². The SMILES string of the molecule is CC(C)(C)OC(=O)CC(=O)OC(N)c1ccc(C(=O)Nc2ccncc2)cc1. The Balaban J connectivity index is 1.90. The highest BCUT2D eigenvalue weighted by Gasteiger charge is 2.21. The fraction of sp³-hybridized carbons (Fsp3) is 0.300. The van der Waals surface area contributed by atoms with Crippen molar-refractivity contribution in [3.05, 3.63) is 59.9 Å². The number of benzene rings is 1. The molecule has 0 fully saturated rings. The van der Waals surface area contributed by atoms with E-state index in [4.69, 9.17) is 15.2 Å². The van der Waals surface area contributed by atoms with Gasteiger partial charge in [-0.1, -0.05) is 12.1 Å². The summed E-state index contributed by atoms with van der Waals surface area (Å²) in [5.41, 5.74) is 6.67. The Hall–Kier alpha value is -3.26. The number of hydrogen-bond acceptors (Lipinski definition) is 7. The standard InChI is InChI=1S/C20H23N3O5/c1-20(2,3)28-17(25)12-16(24)27-18(21)13-4-6-14(7-5-13)19(26)23-15-8-10-22-11-9-15/h4-11,18H,12,21H2,1-3H3,(H,22,23,26). The number of pyridine rings is 1.